The highest BCUT2D eigenvalue weighted by atomic mass is 15.1. The topological polar surface area (TPSA) is 29.9 Å². The minimum atomic E-state index is 0.583. The first-order chi connectivity index (χ1) is 9.84. The van der Waals surface area contributed by atoms with Crippen molar-refractivity contribution in [2.45, 2.75) is 38.8 Å². The number of nitrogens with zero attached hydrogens (tertiary/aromatic N) is 2. The van der Waals surface area contributed by atoms with Gasteiger partial charge in [0.1, 0.15) is 5.82 Å². The van der Waals surface area contributed by atoms with Gasteiger partial charge in [-0.1, -0.05) is 30.3 Å². The number of nitrogens with one attached hydrogen (secondary N) is 1. The van der Waals surface area contributed by atoms with Crippen LogP contribution in [0.3, 0.4) is 0 Å². The molecule has 1 aromatic heterocycles. The highest BCUT2D eigenvalue weighted by Gasteiger charge is 2.33. The van der Waals surface area contributed by atoms with Crippen LogP contribution < -0.4 is 5.32 Å². The first-order valence-corrected chi connectivity index (χ1v) is 7.70. The Bertz CT molecular complexity index is 611. The van der Waals surface area contributed by atoms with E-state index in [0.717, 1.165) is 25.4 Å². The van der Waals surface area contributed by atoms with Crippen molar-refractivity contribution < 1.29 is 0 Å². The van der Waals surface area contributed by atoms with Crippen molar-refractivity contribution >= 4 is 0 Å². The van der Waals surface area contributed by atoms with Crippen LogP contribution in [0.15, 0.2) is 30.3 Å². The Morgan fingerprint density at radius 1 is 1.25 bits per heavy atom. The van der Waals surface area contributed by atoms with E-state index in [-0.39, 0.29) is 0 Å². The lowest BCUT2D eigenvalue weighted by Crippen LogP contribution is -2.26. The van der Waals surface area contributed by atoms with E-state index >= 15 is 0 Å². The lowest BCUT2D eigenvalue weighted by molar-refractivity contribution is 0.465. The maximum atomic E-state index is 4.95. The lowest BCUT2D eigenvalue weighted by Gasteiger charge is -2.21. The van der Waals surface area contributed by atoms with E-state index < -0.39 is 0 Å². The van der Waals surface area contributed by atoms with Gasteiger partial charge in [-0.3, -0.25) is 0 Å². The fourth-order valence-electron chi connectivity index (χ4n) is 3.35. The van der Waals surface area contributed by atoms with Gasteiger partial charge in [0, 0.05) is 36.8 Å². The lowest BCUT2D eigenvalue weighted by atomic mass is 10.1. The molecular formula is C17H21N3. The molecule has 0 amide bonds. The van der Waals surface area contributed by atoms with Crippen molar-refractivity contribution in [3.8, 4) is 11.4 Å². The number of rotatable bonds is 3. The van der Waals surface area contributed by atoms with Crippen molar-refractivity contribution in [1.82, 2.24) is 14.9 Å². The number of benzene rings is 1. The van der Waals surface area contributed by atoms with Crippen molar-refractivity contribution in [3.63, 3.8) is 0 Å². The zero-order valence-electron chi connectivity index (χ0n) is 12.0. The Hall–Kier alpha value is -1.61. The van der Waals surface area contributed by atoms with Crippen LogP contribution in [-0.4, -0.2) is 16.1 Å². The molecule has 1 fully saturated rings. The first-order valence-electron chi connectivity index (χ1n) is 7.70. The summed E-state index contributed by atoms with van der Waals surface area (Å²) >= 11 is 0. The molecule has 1 saturated carbocycles. The number of imidazole rings is 1. The molecule has 1 aromatic carbocycles. The highest BCUT2D eigenvalue weighted by molar-refractivity contribution is 5.57. The molecule has 1 aliphatic carbocycles. The molecule has 3 nitrogen and oxygen atoms in total. The first kappa shape index (κ1) is 12.2. The third-order valence-corrected chi connectivity index (χ3v) is 4.67. The monoisotopic (exact) mass is 267 g/mol. The molecule has 1 atom stereocenters. The molecule has 4 rings (SSSR count). The molecule has 0 bridgehead atoms. The summed E-state index contributed by atoms with van der Waals surface area (Å²) in [6.45, 7) is 4.36. The molecule has 2 aromatic rings. The van der Waals surface area contributed by atoms with Gasteiger partial charge < -0.3 is 9.88 Å². The largest absolute Gasteiger partial charge is 0.325 e. The summed E-state index contributed by atoms with van der Waals surface area (Å²) in [5, 5.41) is 3.44. The molecule has 1 N–H and O–H groups in total. The van der Waals surface area contributed by atoms with Crippen molar-refractivity contribution in [1.29, 1.82) is 0 Å². The summed E-state index contributed by atoms with van der Waals surface area (Å²) in [4.78, 5) is 4.95. The fraction of sp³-hybridized carbons (Fsp3) is 0.471. The molecule has 1 aliphatic heterocycles. The molecular weight excluding hydrogens is 246 g/mol. The van der Waals surface area contributed by atoms with E-state index in [1.807, 2.05) is 0 Å². The van der Waals surface area contributed by atoms with Gasteiger partial charge in [0.2, 0.25) is 0 Å². The molecule has 3 heteroatoms. The maximum absolute atomic E-state index is 4.95. The summed E-state index contributed by atoms with van der Waals surface area (Å²) < 4.78 is 2.53. The van der Waals surface area contributed by atoms with Crippen molar-refractivity contribution in [2.24, 2.45) is 5.92 Å². The molecule has 0 spiro atoms. The predicted molar refractivity (Wildman–Crippen MR) is 80.5 cm³/mol. The summed E-state index contributed by atoms with van der Waals surface area (Å²) in [7, 11) is 0. The standard InChI is InChI=1S/C17H21N3/c1-12(13-7-8-13)20-16-9-10-18-11-15(16)19-17(20)14-5-3-2-4-6-14/h2-6,12-13,18H,7-11H2,1H3. The summed E-state index contributed by atoms with van der Waals surface area (Å²) in [5.74, 6) is 2.02. The Balaban J connectivity index is 1.86. The van der Waals surface area contributed by atoms with Crippen LogP contribution >= 0.6 is 0 Å². The number of hydrogen-bond donors (Lipinski definition) is 1. The minimum absolute atomic E-state index is 0.583. The number of aromatic nitrogens is 2. The van der Waals surface area contributed by atoms with Crippen molar-refractivity contribution in [2.75, 3.05) is 6.54 Å². The van der Waals surface area contributed by atoms with Crippen LogP contribution in [0.1, 0.15) is 37.2 Å². The molecule has 0 saturated heterocycles. The van der Waals surface area contributed by atoms with Gasteiger partial charge in [-0.15, -0.1) is 0 Å². The van der Waals surface area contributed by atoms with Crippen LogP contribution in [0.25, 0.3) is 11.4 Å². The van der Waals surface area contributed by atoms with Gasteiger partial charge in [-0.2, -0.15) is 0 Å². The quantitative estimate of drug-likeness (QED) is 0.925. The summed E-state index contributed by atoms with van der Waals surface area (Å²) in [6, 6.07) is 11.2. The van der Waals surface area contributed by atoms with E-state index in [0.29, 0.717) is 6.04 Å². The second-order valence-electron chi connectivity index (χ2n) is 6.07. The van der Waals surface area contributed by atoms with E-state index in [2.05, 4.69) is 47.1 Å². The molecule has 1 unspecified atom stereocenters. The second kappa shape index (κ2) is 4.74. The smallest absolute Gasteiger partial charge is 0.140 e. The maximum Gasteiger partial charge on any atom is 0.140 e. The van der Waals surface area contributed by atoms with Crippen LogP contribution in [0, 0.1) is 5.92 Å². The third kappa shape index (κ3) is 1.97. The molecule has 2 aliphatic rings. The fourth-order valence-corrected chi connectivity index (χ4v) is 3.35. The number of hydrogen-bond acceptors (Lipinski definition) is 2. The average molecular weight is 267 g/mol. The Morgan fingerprint density at radius 2 is 2.05 bits per heavy atom. The highest BCUT2D eigenvalue weighted by Crippen LogP contribution is 2.42. The Labute approximate surface area is 120 Å². The van der Waals surface area contributed by atoms with Crippen LogP contribution in [0.4, 0.5) is 0 Å². The molecule has 2 heterocycles. The van der Waals surface area contributed by atoms with Gasteiger partial charge >= 0.3 is 0 Å². The van der Waals surface area contributed by atoms with E-state index in [9.17, 15) is 0 Å². The minimum Gasteiger partial charge on any atom is -0.325 e. The molecule has 0 radical (unpaired) electrons. The zero-order chi connectivity index (χ0) is 13.5. The number of fused-ring (bicyclic) bond motifs is 1. The van der Waals surface area contributed by atoms with Gasteiger partial charge in [0.15, 0.2) is 0 Å². The van der Waals surface area contributed by atoms with Gasteiger partial charge in [0.05, 0.1) is 5.69 Å². The van der Waals surface area contributed by atoms with Gasteiger partial charge in [0.25, 0.3) is 0 Å². The Kier molecular flexibility index (Phi) is 2.88. The van der Waals surface area contributed by atoms with E-state index in [1.165, 1.54) is 35.6 Å². The third-order valence-electron chi connectivity index (χ3n) is 4.67. The summed E-state index contributed by atoms with van der Waals surface area (Å²) in [5.41, 5.74) is 3.96. The van der Waals surface area contributed by atoms with Gasteiger partial charge in [-0.25, -0.2) is 4.98 Å². The van der Waals surface area contributed by atoms with Gasteiger partial charge in [-0.05, 0) is 25.7 Å². The predicted octanol–water partition coefficient (Wildman–Crippen LogP) is 3.17. The van der Waals surface area contributed by atoms with Crippen molar-refractivity contribution in [3.05, 3.63) is 41.7 Å². The van der Waals surface area contributed by atoms with E-state index in [1.54, 1.807) is 0 Å². The average Bonchev–Trinajstić information content (AvgIpc) is 3.27. The van der Waals surface area contributed by atoms with E-state index in [4.69, 9.17) is 4.98 Å². The normalized spacial score (nSPS) is 19.6. The molecule has 20 heavy (non-hydrogen) atoms. The van der Waals surface area contributed by atoms with Crippen LogP contribution in [-0.2, 0) is 13.0 Å². The Morgan fingerprint density at radius 3 is 2.80 bits per heavy atom. The van der Waals surface area contributed by atoms with Crippen LogP contribution in [0.2, 0.25) is 0 Å². The zero-order valence-corrected chi connectivity index (χ0v) is 12.0. The second-order valence-corrected chi connectivity index (χ2v) is 6.07. The molecule has 104 valence electrons. The SMILES string of the molecule is CC(C1CC1)n1c(-c2ccccc2)nc2c1CCNC2. The van der Waals surface area contributed by atoms with Crippen LogP contribution in [0.5, 0.6) is 0 Å². The summed E-state index contributed by atoms with van der Waals surface area (Å²) in [6.07, 6.45) is 3.85.